The number of hydrogen-bond donors (Lipinski definition) is 0. The Bertz CT molecular complexity index is 1260. The Labute approximate surface area is 200 Å². The summed E-state index contributed by atoms with van der Waals surface area (Å²) in [6.45, 7) is 10.7. The standard InChI is InChI=1S/C30H26O4/c1-5-29(31)33-27-16-10-24(11-17-27)8-14-26-15-9-25(20-22(26)4)7-6-23-12-18-28(19-13-23)34-30(32)21(2)3/h5-20H,1-2H2,3-4H3. The molecule has 34 heavy (non-hydrogen) atoms. The van der Waals surface area contributed by atoms with Crippen LogP contribution in [0.1, 0.15) is 34.7 Å². The molecular formula is C30H26O4. The molecule has 0 fully saturated rings. The number of esters is 2. The van der Waals surface area contributed by atoms with Gasteiger partial charge in [0.1, 0.15) is 11.5 Å². The van der Waals surface area contributed by atoms with Gasteiger partial charge in [-0.1, -0.05) is 79.9 Å². The SMILES string of the molecule is C=CC(=O)Oc1ccc(C=Cc2ccc(C=Cc3ccc(OC(=O)C(=C)C)cc3)cc2C)cc1. The predicted molar refractivity (Wildman–Crippen MR) is 138 cm³/mol. The summed E-state index contributed by atoms with van der Waals surface area (Å²) < 4.78 is 10.3. The predicted octanol–water partition coefficient (Wildman–Crippen LogP) is 6.91. The van der Waals surface area contributed by atoms with Crippen molar-refractivity contribution in [1.29, 1.82) is 0 Å². The maximum Gasteiger partial charge on any atom is 0.338 e. The largest absolute Gasteiger partial charge is 0.423 e. The van der Waals surface area contributed by atoms with E-state index in [9.17, 15) is 9.59 Å². The van der Waals surface area contributed by atoms with Gasteiger partial charge < -0.3 is 9.47 Å². The van der Waals surface area contributed by atoms with E-state index in [1.54, 1.807) is 31.2 Å². The fourth-order valence-corrected chi connectivity index (χ4v) is 3.01. The average Bonchev–Trinajstić information content (AvgIpc) is 2.83. The minimum absolute atomic E-state index is 0.363. The Morgan fingerprint density at radius 3 is 1.76 bits per heavy atom. The maximum atomic E-state index is 11.6. The van der Waals surface area contributed by atoms with Gasteiger partial charge in [-0.3, -0.25) is 0 Å². The first-order chi connectivity index (χ1) is 16.3. The monoisotopic (exact) mass is 450 g/mol. The van der Waals surface area contributed by atoms with E-state index in [-0.39, 0.29) is 0 Å². The van der Waals surface area contributed by atoms with Crippen molar-refractivity contribution in [2.75, 3.05) is 0 Å². The minimum atomic E-state index is -0.478. The normalized spacial score (nSPS) is 10.9. The Balaban J connectivity index is 1.63. The van der Waals surface area contributed by atoms with Gasteiger partial charge in [0.05, 0.1) is 0 Å². The first-order valence-corrected chi connectivity index (χ1v) is 10.7. The number of benzene rings is 3. The highest BCUT2D eigenvalue weighted by molar-refractivity contribution is 5.88. The molecule has 0 radical (unpaired) electrons. The molecule has 170 valence electrons. The van der Waals surface area contributed by atoms with Crippen LogP contribution in [0.3, 0.4) is 0 Å². The third kappa shape index (κ3) is 7.04. The van der Waals surface area contributed by atoms with Gasteiger partial charge >= 0.3 is 11.9 Å². The third-order valence-electron chi connectivity index (χ3n) is 4.92. The highest BCUT2D eigenvalue weighted by Gasteiger charge is 2.04. The first-order valence-electron chi connectivity index (χ1n) is 10.7. The van der Waals surface area contributed by atoms with Gasteiger partial charge in [-0.05, 0) is 65.9 Å². The summed E-state index contributed by atoms with van der Waals surface area (Å²) in [6, 6.07) is 20.8. The molecule has 0 aliphatic heterocycles. The topological polar surface area (TPSA) is 52.6 Å². The van der Waals surface area contributed by atoms with Crippen molar-refractivity contribution >= 4 is 36.2 Å². The number of hydrogen-bond acceptors (Lipinski definition) is 4. The van der Waals surface area contributed by atoms with Crippen LogP contribution in [0, 0.1) is 6.92 Å². The lowest BCUT2D eigenvalue weighted by atomic mass is 10.0. The number of carbonyl (C=O) groups excluding carboxylic acids is 2. The van der Waals surface area contributed by atoms with Crippen molar-refractivity contribution in [3.8, 4) is 11.5 Å². The fraction of sp³-hybridized carbons (Fsp3) is 0.0667. The summed E-state index contributed by atoms with van der Waals surface area (Å²) in [5.74, 6) is 0.0644. The van der Waals surface area contributed by atoms with Gasteiger partial charge in [0.25, 0.3) is 0 Å². The summed E-state index contributed by atoms with van der Waals surface area (Å²) in [7, 11) is 0. The smallest absolute Gasteiger partial charge is 0.338 e. The highest BCUT2D eigenvalue weighted by atomic mass is 16.5. The van der Waals surface area contributed by atoms with Crippen LogP contribution < -0.4 is 9.47 Å². The fourth-order valence-electron chi connectivity index (χ4n) is 3.01. The van der Waals surface area contributed by atoms with E-state index in [4.69, 9.17) is 9.47 Å². The quantitative estimate of drug-likeness (QED) is 0.162. The summed E-state index contributed by atoms with van der Waals surface area (Å²) in [5.41, 5.74) is 5.71. The van der Waals surface area contributed by atoms with E-state index in [1.165, 1.54) is 0 Å². The molecule has 0 aliphatic rings. The third-order valence-corrected chi connectivity index (χ3v) is 4.92. The molecule has 0 aromatic heterocycles. The van der Waals surface area contributed by atoms with Crippen molar-refractivity contribution < 1.29 is 19.1 Å². The van der Waals surface area contributed by atoms with Crippen molar-refractivity contribution in [3.63, 3.8) is 0 Å². The van der Waals surface area contributed by atoms with E-state index in [2.05, 4.69) is 44.4 Å². The molecule has 0 N–H and O–H groups in total. The van der Waals surface area contributed by atoms with Crippen molar-refractivity contribution in [2.45, 2.75) is 13.8 Å². The van der Waals surface area contributed by atoms with Crippen molar-refractivity contribution in [3.05, 3.63) is 119 Å². The summed E-state index contributed by atoms with van der Waals surface area (Å²) in [6.07, 6.45) is 9.25. The Hall–Kier alpha value is -4.44. The van der Waals surface area contributed by atoms with Crippen molar-refractivity contribution in [1.82, 2.24) is 0 Å². The number of carbonyl (C=O) groups is 2. The van der Waals surface area contributed by atoms with Crippen LogP contribution in [0.2, 0.25) is 0 Å². The molecule has 0 unspecified atom stereocenters. The highest BCUT2D eigenvalue weighted by Crippen LogP contribution is 2.19. The summed E-state index contributed by atoms with van der Waals surface area (Å²) in [5, 5.41) is 0. The Morgan fingerprint density at radius 1 is 0.735 bits per heavy atom. The van der Waals surface area contributed by atoms with Crippen LogP contribution in [0.5, 0.6) is 11.5 Å². The molecule has 3 rings (SSSR count). The van der Waals surface area contributed by atoms with E-state index in [0.29, 0.717) is 17.1 Å². The van der Waals surface area contributed by atoms with Gasteiger partial charge in [-0.25, -0.2) is 9.59 Å². The van der Waals surface area contributed by atoms with Gasteiger partial charge in [0.2, 0.25) is 0 Å². The second kappa shape index (κ2) is 11.4. The summed E-state index contributed by atoms with van der Waals surface area (Å²) in [4.78, 5) is 22.9. The number of aryl methyl sites for hydroxylation is 1. The lowest BCUT2D eigenvalue weighted by Crippen LogP contribution is -2.07. The number of ether oxygens (including phenoxy) is 2. The Kier molecular flexibility index (Phi) is 8.14. The summed E-state index contributed by atoms with van der Waals surface area (Å²) >= 11 is 0. The molecule has 3 aromatic rings. The van der Waals surface area contributed by atoms with Crippen LogP contribution in [-0.2, 0) is 9.59 Å². The van der Waals surface area contributed by atoms with Gasteiger partial charge in [-0.2, -0.15) is 0 Å². The molecule has 4 heteroatoms. The van der Waals surface area contributed by atoms with Crippen LogP contribution in [-0.4, -0.2) is 11.9 Å². The molecule has 4 nitrogen and oxygen atoms in total. The van der Waals surface area contributed by atoms with Crippen molar-refractivity contribution in [2.24, 2.45) is 0 Å². The molecule has 0 aliphatic carbocycles. The molecule has 0 atom stereocenters. The van der Waals surface area contributed by atoms with Crippen LogP contribution >= 0.6 is 0 Å². The molecule has 0 saturated carbocycles. The van der Waals surface area contributed by atoms with E-state index in [0.717, 1.165) is 33.9 Å². The Morgan fingerprint density at radius 2 is 1.24 bits per heavy atom. The molecule has 0 amide bonds. The lowest BCUT2D eigenvalue weighted by Gasteiger charge is -2.04. The van der Waals surface area contributed by atoms with Crippen LogP contribution in [0.4, 0.5) is 0 Å². The second-order valence-electron chi connectivity index (χ2n) is 7.72. The van der Waals surface area contributed by atoms with E-state index >= 15 is 0 Å². The van der Waals surface area contributed by atoms with Crippen LogP contribution in [0.25, 0.3) is 24.3 Å². The zero-order valence-corrected chi connectivity index (χ0v) is 19.3. The molecule has 0 spiro atoms. The second-order valence-corrected chi connectivity index (χ2v) is 7.72. The van der Waals surface area contributed by atoms with Gasteiger partial charge in [0.15, 0.2) is 0 Å². The van der Waals surface area contributed by atoms with E-state index in [1.807, 2.05) is 42.5 Å². The van der Waals surface area contributed by atoms with Gasteiger partial charge in [-0.15, -0.1) is 0 Å². The lowest BCUT2D eigenvalue weighted by molar-refractivity contribution is -0.130. The number of rotatable bonds is 8. The molecule has 0 bridgehead atoms. The first kappa shape index (κ1) is 24.2. The van der Waals surface area contributed by atoms with Gasteiger partial charge in [0, 0.05) is 11.6 Å². The zero-order chi connectivity index (χ0) is 24.5. The van der Waals surface area contributed by atoms with Crippen LogP contribution in [0.15, 0.2) is 91.5 Å². The molecule has 0 saturated heterocycles. The molecule has 0 heterocycles. The average molecular weight is 451 g/mol. The molecule has 3 aromatic carbocycles. The molecular weight excluding hydrogens is 424 g/mol. The zero-order valence-electron chi connectivity index (χ0n) is 19.3. The minimum Gasteiger partial charge on any atom is -0.423 e. The van der Waals surface area contributed by atoms with E-state index < -0.39 is 11.9 Å². The maximum absolute atomic E-state index is 11.6.